The normalized spacial score (nSPS) is 11.8. The van der Waals surface area contributed by atoms with Crippen LogP contribution in [0.2, 0.25) is 5.02 Å². The molecule has 1 amide bonds. The molecule has 1 heterocycles. The molecule has 1 atom stereocenters. The van der Waals surface area contributed by atoms with Gasteiger partial charge in [0.15, 0.2) is 0 Å². The number of nitrogens with one attached hydrogen (secondary N) is 1. The number of anilines is 1. The molecule has 0 spiro atoms. The lowest BCUT2D eigenvalue weighted by Gasteiger charge is -2.14. The third-order valence-electron chi connectivity index (χ3n) is 3.66. The van der Waals surface area contributed by atoms with Crippen LogP contribution in [0.3, 0.4) is 0 Å². The van der Waals surface area contributed by atoms with E-state index in [2.05, 4.69) is 15.4 Å². The molecule has 126 valence electrons. The highest BCUT2D eigenvalue weighted by Crippen LogP contribution is 2.21. The SMILES string of the molecule is CC(C(=O)Nc1ccccc1Cl)n1ncc(-c2ccccc2)nc1=O. The van der Waals surface area contributed by atoms with Crippen LogP contribution in [0, 0.1) is 0 Å². The number of hydrogen-bond donors (Lipinski definition) is 1. The summed E-state index contributed by atoms with van der Waals surface area (Å²) in [4.78, 5) is 28.6. The summed E-state index contributed by atoms with van der Waals surface area (Å²) < 4.78 is 1.04. The number of aromatic nitrogens is 3. The molecule has 0 aliphatic heterocycles. The maximum absolute atomic E-state index is 12.4. The molecular formula is C18H15ClN4O2. The fourth-order valence-electron chi connectivity index (χ4n) is 2.27. The Labute approximate surface area is 149 Å². The molecule has 3 aromatic rings. The predicted molar refractivity (Wildman–Crippen MR) is 96.5 cm³/mol. The summed E-state index contributed by atoms with van der Waals surface area (Å²) >= 11 is 6.03. The molecule has 1 unspecified atom stereocenters. The van der Waals surface area contributed by atoms with E-state index < -0.39 is 17.6 Å². The van der Waals surface area contributed by atoms with E-state index in [1.54, 1.807) is 31.2 Å². The number of hydrogen-bond acceptors (Lipinski definition) is 4. The molecule has 0 bridgehead atoms. The fraction of sp³-hybridized carbons (Fsp3) is 0.111. The number of carbonyl (C=O) groups excluding carboxylic acids is 1. The number of carbonyl (C=O) groups is 1. The van der Waals surface area contributed by atoms with Crippen LogP contribution >= 0.6 is 11.6 Å². The molecular weight excluding hydrogens is 340 g/mol. The minimum absolute atomic E-state index is 0.406. The summed E-state index contributed by atoms with van der Waals surface area (Å²) in [5.41, 5.74) is 1.12. The van der Waals surface area contributed by atoms with Crippen LogP contribution in [0.1, 0.15) is 13.0 Å². The number of nitrogens with zero attached hydrogens (tertiary/aromatic N) is 3. The second-order valence-corrected chi connectivity index (χ2v) is 5.79. The second kappa shape index (κ2) is 7.27. The summed E-state index contributed by atoms with van der Waals surface area (Å²) in [5, 5.41) is 7.19. The molecule has 1 N–H and O–H groups in total. The van der Waals surface area contributed by atoms with Crippen molar-refractivity contribution in [2.24, 2.45) is 0 Å². The van der Waals surface area contributed by atoms with Crippen molar-refractivity contribution in [3.63, 3.8) is 0 Å². The highest BCUT2D eigenvalue weighted by molar-refractivity contribution is 6.33. The lowest BCUT2D eigenvalue weighted by atomic mass is 10.2. The van der Waals surface area contributed by atoms with Crippen LogP contribution in [0.25, 0.3) is 11.3 Å². The molecule has 0 saturated carbocycles. The van der Waals surface area contributed by atoms with Gasteiger partial charge in [-0.25, -0.2) is 9.48 Å². The highest BCUT2D eigenvalue weighted by atomic mass is 35.5. The largest absolute Gasteiger partial charge is 0.365 e. The molecule has 0 radical (unpaired) electrons. The molecule has 0 saturated heterocycles. The van der Waals surface area contributed by atoms with E-state index in [4.69, 9.17) is 11.6 Å². The predicted octanol–water partition coefficient (Wildman–Crippen LogP) is 3.16. The molecule has 1 aromatic heterocycles. The maximum atomic E-state index is 12.4. The lowest BCUT2D eigenvalue weighted by molar-refractivity contribution is -0.119. The average molecular weight is 355 g/mol. The first kappa shape index (κ1) is 16.9. The van der Waals surface area contributed by atoms with Gasteiger partial charge in [0.2, 0.25) is 5.91 Å². The fourth-order valence-corrected chi connectivity index (χ4v) is 2.46. The molecule has 25 heavy (non-hydrogen) atoms. The van der Waals surface area contributed by atoms with Gasteiger partial charge in [0.1, 0.15) is 6.04 Å². The Morgan fingerprint density at radius 2 is 1.80 bits per heavy atom. The van der Waals surface area contributed by atoms with Gasteiger partial charge in [-0.3, -0.25) is 4.79 Å². The lowest BCUT2D eigenvalue weighted by Crippen LogP contribution is -2.34. The third-order valence-corrected chi connectivity index (χ3v) is 3.99. The summed E-state index contributed by atoms with van der Waals surface area (Å²) in [6, 6.07) is 15.3. The Kier molecular flexibility index (Phi) is 4.90. The number of rotatable bonds is 4. The number of benzene rings is 2. The van der Waals surface area contributed by atoms with E-state index in [1.807, 2.05) is 30.3 Å². The van der Waals surface area contributed by atoms with Gasteiger partial charge in [-0.15, -0.1) is 0 Å². The zero-order chi connectivity index (χ0) is 17.8. The Balaban J connectivity index is 1.83. The number of para-hydroxylation sites is 1. The topological polar surface area (TPSA) is 76.9 Å². The van der Waals surface area contributed by atoms with Crippen LogP contribution in [0.5, 0.6) is 0 Å². The van der Waals surface area contributed by atoms with Crippen LogP contribution in [-0.4, -0.2) is 20.7 Å². The molecule has 0 aliphatic rings. The molecule has 2 aromatic carbocycles. The quantitative estimate of drug-likeness (QED) is 0.780. The first-order valence-electron chi connectivity index (χ1n) is 7.63. The van der Waals surface area contributed by atoms with Crippen molar-refractivity contribution in [1.29, 1.82) is 0 Å². The highest BCUT2D eigenvalue weighted by Gasteiger charge is 2.19. The van der Waals surface area contributed by atoms with Crippen molar-refractivity contribution in [2.75, 3.05) is 5.32 Å². The number of halogens is 1. The first-order valence-corrected chi connectivity index (χ1v) is 8.01. The van der Waals surface area contributed by atoms with E-state index in [0.717, 1.165) is 10.2 Å². The van der Waals surface area contributed by atoms with E-state index in [-0.39, 0.29) is 0 Å². The molecule has 0 aliphatic carbocycles. The van der Waals surface area contributed by atoms with Gasteiger partial charge in [-0.2, -0.15) is 10.1 Å². The summed E-state index contributed by atoms with van der Waals surface area (Å²) in [5.74, 6) is -0.406. The van der Waals surface area contributed by atoms with Crippen LogP contribution in [0.15, 0.2) is 65.6 Å². The van der Waals surface area contributed by atoms with Crippen molar-refractivity contribution >= 4 is 23.2 Å². The van der Waals surface area contributed by atoms with E-state index >= 15 is 0 Å². The second-order valence-electron chi connectivity index (χ2n) is 5.38. The van der Waals surface area contributed by atoms with Gasteiger partial charge >= 0.3 is 5.69 Å². The zero-order valence-electron chi connectivity index (χ0n) is 13.4. The van der Waals surface area contributed by atoms with Crippen molar-refractivity contribution in [1.82, 2.24) is 14.8 Å². The van der Waals surface area contributed by atoms with Gasteiger partial charge in [-0.05, 0) is 19.1 Å². The smallest absolute Gasteiger partial charge is 0.323 e. The Morgan fingerprint density at radius 3 is 2.48 bits per heavy atom. The van der Waals surface area contributed by atoms with E-state index in [0.29, 0.717) is 16.4 Å². The van der Waals surface area contributed by atoms with Crippen LogP contribution in [-0.2, 0) is 4.79 Å². The summed E-state index contributed by atoms with van der Waals surface area (Å²) in [6.45, 7) is 1.57. The van der Waals surface area contributed by atoms with Gasteiger partial charge in [0, 0.05) is 5.56 Å². The summed E-state index contributed by atoms with van der Waals surface area (Å²) in [6.07, 6.45) is 1.47. The van der Waals surface area contributed by atoms with Gasteiger partial charge in [0.05, 0.1) is 22.6 Å². The Morgan fingerprint density at radius 1 is 1.12 bits per heavy atom. The Hall–Kier alpha value is -2.99. The van der Waals surface area contributed by atoms with Crippen molar-refractivity contribution in [2.45, 2.75) is 13.0 Å². The molecule has 6 nitrogen and oxygen atoms in total. The van der Waals surface area contributed by atoms with Crippen molar-refractivity contribution in [3.05, 3.63) is 76.3 Å². The van der Waals surface area contributed by atoms with Crippen molar-refractivity contribution in [3.8, 4) is 11.3 Å². The van der Waals surface area contributed by atoms with E-state index in [9.17, 15) is 9.59 Å². The molecule has 0 fully saturated rings. The maximum Gasteiger partial charge on any atom is 0.365 e. The molecule has 7 heteroatoms. The Bertz CT molecular complexity index is 957. The average Bonchev–Trinajstić information content (AvgIpc) is 2.63. The van der Waals surface area contributed by atoms with Crippen LogP contribution < -0.4 is 11.0 Å². The molecule has 3 rings (SSSR count). The summed E-state index contributed by atoms with van der Waals surface area (Å²) in [7, 11) is 0. The zero-order valence-corrected chi connectivity index (χ0v) is 14.1. The van der Waals surface area contributed by atoms with Crippen molar-refractivity contribution < 1.29 is 4.79 Å². The van der Waals surface area contributed by atoms with E-state index in [1.165, 1.54) is 6.20 Å². The van der Waals surface area contributed by atoms with Crippen LogP contribution in [0.4, 0.5) is 5.69 Å². The van der Waals surface area contributed by atoms with Gasteiger partial charge in [0.25, 0.3) is 0 Å². The number of amides is 1. The minimum atomic E-state index is -0.832. The standard InChI is InChI=1S/C18H15ClN4O2/c1-12(17(24)21-15-10-6-5-9-14(15)19)23-18(25)22-16(11-20-23)13-7-3-2-4-8-13/h2-12H,1H3,(H,21,24). The monoisotopic (exact) mass is 354 g/mol. The van der Waals surface area contributed by atoms with Gasteiger partial charge in [-0.1, -0.05) is 54.1 Å². The minimum Gasteiger partial charge on any atom is -0.323 e. The van der Waals surface area contributed by atoms with Gasteiger partial charge < -0.3 is 5.32 Å². The first-order chi connectivity index (χ1) is 12.1. The third kappa shape index (κ3) is 3.75.